The molecule has 1 unspecified atom stereocenters. The van der Waals surface area contributed by atoms with Gasteiger partial charge in [0.25, 0.3) is 0 Å². The zero-order valence-corrected chi connectivity index (χ0v) is 12.4. The van der Waals surface area contributed by atoms with E-state index in [9.17, 15) is 4.79 Å². The van der Waals surface area contributed by atoms with E-state index in [4.69, 9.17) is 4.74 Å². The largest absolute Gasteiger partial charge is 0.454 e. The van der Waals surface area contributed by atoms with Crippen LogP contribution in [0.2, 0.25) is 0 Å². The molecule has 21 heavy (non-hydrogen) atoms. The fourth-order valence-corrected chi connectivity index (χ4v) is 3.31. The van der Waals surface area contributed by atoms with Crippen LogP contribution in [0.15, 0.2) is 42.5 Å². The molecule has 0 spiro atoms. The third kappa shape index (κ3) is 3.18. The minimum atomic E-state index is -0.440. The molecule has 0 aromatic heterocycles. The number of rotatable bonds is 3. The Morgan fingerprint density at radius 3 is 2.57 bits per heavy atom. The third-order valence-electron chi connectivity index (χ3n) is 4.61. The summed E-state index contributed by atoms with van der Waals surface area (Å²) in [4.78, 5) is 12.6. The van der Waals surface area contributed by atoms with Crippen molar-refractivity contribution in [3.8, 4) is 0 Å². The van der Waals surface area contributed by atoms with Crippen molar-refractivity contribution in [3.05, 3.63) is 48.0 Å². The van der Waals surface area contributed by atoms with Crippen molar-refractivity contribution in [2.75, 3.05) is 13.1 Å². The average Bonchev–Trinajstić information content (AvgIpc) is 2.57. The van der Waals surface area contributed by atoms with Gasteiger partial charge in [0.1, 0.15) is 5.60 Å². The highest BCUT2D eigenvalue weighted by Gasteiger charge is 2.39. The highest BCUT2D eigenvalue weighted by molar-refractivity contribution is 5.73. The van der Waals surface area contributed by atoms with Crippen molar-refractivity contribution in [1.82, 2.24) is 5.32 Å². The average molecular weight is 285 g/mol. The number of piperidine rings is 1. The smallest absolute Gasteiger partial charge is 0.310 e. The summed E-state index contributed by atoms with van der Waals surface area (Å²) in [5, 5.41) is 3.36. The molecule has 1 saturated heterocycles. The van der Waals surface area contributed by atoms with E-state index in [1.165, 1.54) is 0 Å². The molecule has 1 atom stereocenters. The van der Waals surface area contributed by atoms with Gasteiger partial charge in [0.05, 0.1) is 5.92 Å². The second-order valence-electron chi connectivity index (χ2n) is 6.01. The van der Waals surface area contributed by atoms with Crippen molar-refractivity contribution < 1.29 is 9.53 Å². The van der Waals surface area contributed by atoms with E-state index in [-0.39, 0.29) is 11.9 Å². The van der Waals surface area contributed by atoms with Crippen LogP contribution >= 0.6 is 0 Å². The van der Waals surface area contributed by atoms with E-state index in [0.717, 1.165) is 50.8 Å². The summed E-state index contributed by atoms with van der Waals surface area (Å²) in [6, 6.07) is 10.2. The quantitative estimate of drug-likeness (QED) is 0.685. The van der Waals surface area contributed by atoms with E-state index in [0.29, 0.717) is 0 Å². The standard InChI is InChI=1S/C18H23NO2/c20-17(15-7-3-1-4-8-15)21-18(11-13-19-14-12-18)16-9-5-2-6-10-16/h1-3,5-6,9-10,15,19H,4,7-8,11-14H2. The lowest BCUT2D eigenvalue weighted by Crippen LogP contribution is -2.44. The van der Waals surface area contributed by atoms with Crippen LogP contribution in [0.4, 0.5) is 0 Å². The Hall–Kier alpha value is -1.61. The number of allylic oxidation sites excluding steroid dienone is 2. The van der Waals surface area contributed by atoms with Gasteiger partial charge >= 0.3 is 5.97 Å². The minimum absolute atomic E-state index is 0.0231. The molecule has 0 bridgehead atoms. The first kappa shape index (κ1) is 14.3. The molecule has 0 radical (unpaired) electrons. The summed E-state index contributed by atoms with van der Waals surface area (Å²) in [6.07, 6.45) is 8.69. The predicted molar refractivity (Wildman–Crippen MR) is 82.8 cm³/mol. The molecular weight excluding hydrogens is 262 g/mol. The molecule has 2 aliphatic rings. The number of benzene rings is 1. The first-order valence-corrected chi connectivity index (χ1v) is 7.94. The Morgan fingerprint density at radius 1 is 1.14 bits per heavy atom. The van der Waals surface area contributed by atoms with Crippen LogP contribution in [0, 0.1) is 5.92 Å². The summed E-state index contributed by atoms with van der Waals surface area (Å²) in [5.41, 5.74) is 0.691. The van der Waals surface area contributed by atoms with E-state index < -0.39 is 5.60 Å². The molecule has 112 valence electrons. The molecule has 1 aromatic carbocycles. The summed E-state index contributed by atoms with van der Waals surface area (Å²) in [7, 11) is 0. The Balaban J connectivity index is 1.79. The summed E-state index contributed by atoms with van der Waals surface area (Å²) in [5.74, 6) is 0.00979. The van der Waals surface area contributed by atoms with Gasteiger partial charge in [0.15, 0.2) is 0 Å². The van der Waals surface area contributed by atoms with Crippen molar-refractivity contribution in [2.24, 2.45) is 5.92 Å². The first-order valence-electron chi connectivity index (χ1n) is 7.94. The first-order chi connectivity index (χ1) is 10.3. The Labute approximate surface area is 126 Å². The topological polar surface area (TPSA) is 38.3 Å². The molecule has 1 fully saturated rings. The lowest BCUT2D eigenvalue weighted by Gasteiger charge is -2.38. The maximum Gasteiger partial charge on any atom is 0.310 e. The number of hydrogen-bond acceptors (Lipinski definition) is 3. The van der Waals surface area contributed by atoms with Crippen LogP contribution in [0.5, 0.6) is 0 Å². The normalized spacial score (nSPS) is 24.5. The fourth-order valence-electron chi connectivity index (χ4n) is 3.31. The van der Waals surface area contributed by atoms with Gasteiger partial charge in [0.2, 0.25) is 0 Å². The van der Waals surface area contributed by atoms with Crippen LogP contribution in [-0.2, 0) is 15.1 Å². The second kappa shape index (κ2) is 6.44. The molecule has 0 saturated carbocycles. The molecule has 3 heteroatoms. The lowest BCUT2D eigenvalue weighted by molar-refractivity contribution is -0.169. The van der Waals surface area contributed by atoms with Crippen LogP contribution in [0.3, 0.4) is 0 Å². The number of carbonyl (C=O) groups excluding carboxylic acids is 1. The number of esters is 1. The SMILES string of the molecule is O=C(OC1(c2ccccc2)CCNCC1)C1CC=CCC1. The van der Waals surface area contributed by atoms with Gasteiger partial charge in [0, 0.05) is 12.8 Å². The maximum atomic E-state index is 12.6. The van der Waals surface area contributed by atoms with Crippen molar-refractivity contribution in [2.45, 2.75) is 37.7 Å². The van der Waals surface area contributed by atoms with Gasteiger partial charge < -0.3 is 10.1 Å². The minimum Gasteiger partial charge on any atom is -0.454 e. The van der Waals surface area contributed by atoms with E-state index in [1.807, 2.05) is 18.2 Å². The van der Waals surface area contributed by atoms with Gasteiger partial charge in [-0.05, 0) is 37.9 Å². The van der Waals surface area contributed by atoms with Crippen LogP contribution in [0.25, 0.3) is 0 Å². The second-order valence-corrected chi connectivity index (χ2v) is 6.01. The molecular formula is C18H23NO2. The Morgan fingerprint density at radius 2 is 1.90 bits per heavy atom. The molecule has 3 nitrogen and oxygen atoms in total. The van der Waals surface area contributed by atoms with E-state index in [1.54, 1.807) is 0 Å². The molecule has 3 rings (SSSR count). The maximum absolute atomic E-state index is 12.6. The number of nitrogens with one attached hydrogen (secondary N) is 1. The van der Waals surface area contributed by atoms with Gasteiger partial charge in [-0.3, -0.25) is 4.79 Å². The summed E-state index contributed by atoms with van der Waals surface area (Å²) >= 11 is 0. The van der Waals surface area contributed by atoms with Crippen LogP contribution in [0.1, 0.15) is 37.7 Å². The van der Waals surface area contributed by atoms with Crippen LogP contribution < -0.4 is 5.32 Å². The third-order valence-corrected chi connectivity index (χ3v) is 4.61. The van der Waals surface area contributed by atoms with Crippen LogP contribution in [-0.4, -0.2) is 19.1 Å². The fraction of sp³-hybridized carbons (Fsp3) is 0.500. The van der Waals surface area contributed by atoms with E-state index in [2.05, 4.69) is 29.6 Å². The van der Waals surface area contributed by atoms with Crippen molar-refractivity contribution in [3.63, 3.8) is 0 Å². The number of ether oxygens (including phenoxy) is 1. The number of carbonyl (C=O) groups is 1. The molecule has 1 aliphatic heterocycles. The highest BCUT2D eigenvalue weighted by Crippen LogP contribution is 2.36. The van der Waals surface area contributed by atoms with Gasteiger partial charge in [-0.15, -0.1) is 0 Å². The zero-order valence-electron chi connectivity index (χ0n) is 12.4. The van der Waals surface area contributed by atoms with E-state index >= 15 is 0 Å². The summed E-state index contributed by atoms with van der Waals surface area (Å²) < 4.78 is 6.09. The van der Waals surface area contributed by atoms with Crippen molar-refractivity contribution >= 4 is 5.97 Å². The predicted octanol–water partition coefficient (Wildman–Crippen LogP) is 3.16. The molecule has 1 heterocycles. The molecule has 1 aromatic rings. The van der Waals surface area contributed by atoms with Gasteiger partial charge in [-0.2, -0.15) is 0 Å². The molecule has 1 aliphatic carbocycles. The monoisotopic (exact) mass is 285 g/mol. The highest BCUT2D eigenvalue weighted by atomic mass is 16.6. The van der Waals surface area contributed by atoms with Gasteiger partial charge in [-0.25, -0.2) is 0 Å². The van der Waals surface area contributed by atoms with Crippen molar-refractivity contribution in [1.29, 1.82) is 0 Å². The Kier molecular flexibility index (Phi) is 4.39. The molecule has 1 N–H and O–H groups in total. The lowest BCUT2D eigenvalue weighted by atomic mass is 9.84. The Bertz CT molecular complexity index is 503. The zero-order chi connectivity index (χ0) is 14.5. The molecule has 0 amide bonds. The summed E-state index contributed by atoms with van der Waals surface area (Å²) in [6.45, 7) is 1.79. The van der Waals surface area contributed by atoms with Gasteiger partial charge in [-0.1, -0.05) is 42.5 Å². The number of hydrogen-bond donors (Lipinski definition) is 1.